The summed E-state index contributed by atoms with van der Waals surface area (Å²) in [7, 11) is 1.79. The normalized spacial score (nSPS) is 9.68. The van der Waals surface area contributed by atoms with Crippen LogP contribution in [0.4, 0.5) is 5.82 Å². The summed E-state index contributed by atoms with van der Waals surface area (Å²) in [4.78, 5) is 0. The van der Waals surface area contributed by atoms with Crippen LogP contribution in [0.1, 0.15) is 22.4 Å². The Morgan fingerprint density at radius 2 is 2.11 bits per heavy atom. The first-order valence-corrected chi connectivity index (χ1v) is 5.82. The lowest BCUT2D eigenvalue weighted by atomic mass is 10.1. The summed E-state index contributed by atoms with van der Waals surface area (Å²) in [6.45, 7) is 2.35. The second-order valence-corrected chi connectivity index (χ2v) is 4.21. The number of hydrogen-bond donors (Lipinski definition) is 1. The lowest BCUT2D eigenvalue weighted by Crippen LogP contribution is -2.06. The fourth-order valence-corrected chi connectivity index (χ4v) is 1.93. The van der Waals surface area contributed by atoms with E-state index in [1.807, 2.05) is 18.2 Å². The Kier molecular flexibility index (Phi) is 3.49. The Bertz CT molecular complexity index is 685. The Morgan fingerprint density at radius 1 is 1.32 bits per heavy atom. The fraction of sp³-hybridized carbons (Fsp3) is 0.214. The van der Waals surface area contributed by atoms with Crippen molar-refractivity contribution in [3.8, 4) is 12.1 Å². The number of nitrogens with zero attached hydrogens (tertiary/aromatic N) is 4. The van der Waals surface area contributed by atoms with E-state index in [1.165, 1.54) is 0 Å². The van der Waals surface area contributed by atoms with Crippen molar-refractivity contribution in [3.63, 3.8) is 0 Å². The first kappa shape index (κ1) is 12.7. The van der Waals surface area contributed by atoms with E-state index < -0.39 is 0 Å². The second-order valence-electron chi connectivity index (χ2n) is 4.21. The molecule has 0 aliphatic heterocycles. The maximum absolute atomic E-state index is 9.11. The number of hydrogen-bond acceptors (Lipinski definition) is 4. The van der Waals surface area contributed by atoms with Crippen molar-refractivity contribution >= 4 is 5.82 Å². The van der Waals surface area contributed by atoms with Crippen LogP contribution in [-0.4, -0.2) is 9.78 Å². The molecule has 1 N–H and O–H groups in total. The summed E-state index contributed by atoms with van der Waals surface area (Å²) in [6.07, 6.45) is 0. The van der Waals surface area contributed by atoms with Gasteiger partial charge in [-0.05, 0) is 24.6 Å². The van der Waals surface area contributed by atoms with Crippen LogP contribution in [-0.2, 0) is 13.6 Å². The highest BCUT2D eigenvalue weighted by Gasteiger charge is 2.12. The molecule has 1 aromatic carbocycles. The molecule has 0 saturated carbocycles. The van der Waals surface area contributed by atoms with Crippen molar-refractivity contribution in [2.75, 3.05) is 5.32 Å². The minimum atomic E-state index is 0.545. The number of aromatic nitrogens is 2. The van der Waals surface area contributed by atoms with Gasteiger partial charge in [0.2, 0.25) is 0 Å². The molecule has 1 heterocycles. The Labute approximate surface area is 111 Å². The second kappa shape index (κ2) is 5.24. The third-order valence-electron chi connectivity index (χ3n) is 2.85. The summed E-state index contributed by atoms with van der Waals surface area (Å²) in [5, 5.41) is 25.4. The third kappa shape index (κ3) is 2.56. The van der Waals surface area contributed by atoms with Crippen LogP contribution in [0.2, 0.25) is 0 Å². The van der Waals surface area contributed by atoms with Crippen LogP contribution >= 0.6 is 0 Å². The highest BCUT2D eigenvalue weighted by molar-refractivity contribution is 5.55. The highest BCUT2D eigenvalue weighted by atomic mass is 15.3. The van der Waals surface area contributed by atoms with Gasteiger partial charge in [0.1, 0.15) is 17.5 Å². The van der Waals surface area contributed by atoms with Gasteiger partial charge >= 0.3 is 0 Å². The van der Waals surface area contributed by atoms with Gasteiger partial charge in [0, 0.05) is 13.6 Å². The van der Waals surface area contributed by atoms with Crippen LogP contribution < -0.4 is 5.32 Å². The van der Waals surface area contributed by atoms with E-state index in [0.29, 0.717) is 29.2 Å². The van der Waals surface area contributed by atoms with E-state index in [4.69, 9.17) is 10.5 Å². The molecule has 0 amide bonds. The van der Waals surface area contributed by atoms with Crippen molar-refractivity contribution < 1.29 is 0 Å². The Morgan fingerprint density at radius 3 is 2.79 bits per heavy atom. The third-order valence-corrected chi connectivity index (χ3v) is 2.85. The summed E-state index contributed by atoms with van der Waals surface area (Å²) < 4.78 is 1.65. The van der Waals surface area contributed by atoms with E-state index in [1.54, 1.807) is 24.7 Å². The summed E-state index contributed by atoms with van der Waals surface area (Å²) >= 11 is 0. The molecule has 0 spiro atoms. The van der Waals surface area contributed by atoms with Gasteiger partial charge in [0.05, 0.1) is 17.3 Å². The molecule has 2 aromatic rings. The van der Waals surface area contributed by atoms with Gasteiger partial charge in [0.15, 0.2) is 0 Å². The maximum Gasteiger partial charge on any atom is 0.142 e. The van der Waals surface area contributed by atoms with Gasteiger partial charge in [-0.1, -0.05) is 12.1 Å². The van der Waals surface area contributed by atoms with Crippen molar-refractivity contribution in [3.05, 3.63) is 46.6 Å². The number of nitriles is 2. The average molecular weight is 251 g/mol. The van der Waals surface area contributed by atoms with Crippen molar-refractivity contribution in [1.29, 1.82) is 10.5 Å². The van der Waals surface area contributed by atoms with Crippen LogP contribution in [0.15, 0.2) is 24.3 Å². The summed E-state index contributed by atoms with van der Waals surface area (Å²) in [5.74, 6) is 0.697. The molecule has 0 aliphatic rings. The van der Waals surface area contributed by atoms with E-state index in [0.717, 1.165) is 5.56 Å². The molecule has 0 fully saturated rings. The van der Waals surface area contributed by atoms with E-state index in [9.17, 15) is 0 Å². The molecular formula is C14H13N5. The first-order chi connectivity index (χ1) is 9.15. The molecule has 0 radical (unpaired) electrons. The predicted molar refractivity (Wildman–Crippen MR) is 71.1 cm³/mol. The predicted octanol–water partition coefficient (Wildman–Crippen LogP) is 2.08. The molecule has 1 aromatic heterocycles. The standard InChI is InChI=1S/C14H13N5/c1-10-13(8-16)14(19(2)18-10)17-9-12-5-3-4-11(6-12)7-15/h3-6,17H,9H2,1-2H3. The first-order valence-electron chi connectivity index (χ1n) is 5.82. The van der Waals surface area contributed by atoms with Gasteiger partial charge in [-0.2, -0.15) is 15.6 Å². The number of nitrogens with one attached hydrogen (secondary N) is 1. The number of aryl methyl sites for hydroxylation is 2. The van der Waals surface area contributed by atoms with E-state index in [-0.39, 0.29) is 0 Å². The average Bonchev–Trinajstić information content (AvgIpc) is 2.70. The van der Waals surface area contributed by atoms with Crippen LogP contribution in [0.3, 0.4) is 0 Å². The SMILES string of the molecule is Cc1nn(C)c(NCc2cccc(C#N)c2)c1C#N. The highest BCUT2D eigenvalue weighted by Crippen LogP contribution is 2.18. The van der Waals surface area contributed by atoms with Gasteiger partial charge in [0.25, 0.3) is 0 Å². The zero-order valence-electron chi connectivity index (χ0n) is 10.8. The minimum Gasteiger partial charge on any atom is -0.365 e. The monoisotopic (exact) mass is 251 g/mol. The van der Waals surface area contributed by atoms with E-state index >= 15 is 0 Å². The molecule has 0 bridgehead atoms. The Balaban J connectivity index is 2.20. The number of anilines is 1. The minimum absolute atomic E-state index is 0.545. The Hall–Kier alpha value is -2.79. The molecule has 2 rings (SSSR count). The van der Waals surface area contributed by atoms with Gasteiger partial charge < -0.3 is 5.32 Å². The molecule has 19 heavy (non-hydrogen) atoms. The zero-order chi connectivity index (χ0) is 13.8. The topological polar surface area (TPSA) is 77.4 Å². The van der Waals surface area contributed by atoms with E-state index in [2.05, 4.69) is 22.6 Å². The zero-order valence-corrected chi connectivity index (χ0v) is 10.8. The van der Waals surface area contributed by atoms with Crippen LogP contribution in [0.25, 0.3) is 0 Å². The lowest BCUT2D eigenvalue weighted by molar-refractivity contribution is 0.758. The molecule has 0 atom stereocenters. The number of benzene rings is 1. The van der Waals surface area contributed by atoms with Crippen molar-refractivity contribution in [1.82, 2.24) is 9.78 Å². The van der Waals surface area contributed by atoms with Gasteiger partial charge in [-0.25, -0.2) is 0 Å². The van der Waals surface area contributed by atoms with Gasteiger partial charge in [-0.15, -0.1) is 0 Å². The summed E-state index contributed by atoms with van der Waals surface area (Å²) in [6, 6.07) is 11.6. The molecular weight excluding hydrogens is 238 g/mol. The van der Waals surface area contributed by atoms with Crippen LogP contribution in [0.5, 0.6) is 0 Å². The molecule has 5 nitrogen and oxygen atoms in total. The quantitative estimate of drug-likeness (QED) is 0.906. The smallest absolute Gasteiger partial charge is 0.142 e. The molecule has 0 unspecified atom stereocenters. The maximum atomic E-state index is 9.11. The summed E-state index contributed by atoms with van der Waals surface area (Å²) in [5.41, 5.74) is 2.87. The van der Waals surface area contributed by atoms with Crippen molar-refractivity contribution in [2.45, 2.75) is 13.5 Å². The molecule has 5 heteroatoms. The van der Waals surface area contributed by atoms with Gasteiger partial charge in [-0.3, -0.25) is 4.68 Å². The molecule has 94 valence electrons. The number of rotatable bonds is 3. The molecule has 0 saturated heterocycles. The molecule has 0 aliphatic carbocycles. The van der Waals surface area contributed by atoms with Crippen LogP contribution in [0, 0.1) is 29.6 Å². The van der Waals surface area contributed by atoms with Crippen molar-refractivity contribution in [2.24, 2.45) is 7.05 Å². The fourth-order valence-electron chi connectivity index (χ4n) is 1.93. The largest absolute Gasteiger partial charge is 0.365 e. The lowest BCUT2D eigenvalue weighted by Gasteiger charge is -2.07.